The lowest BCUT2D eigenvalue weighted by atomic mass is 9.97. The number of ether oxygens (including phenoxy) is 1. The molecule has 0 atom stereocenters. The van der Waals surface area contributed by atoms with E-state index in [0.29, 0.717) is 5.69 Å². The summed E-state index contributed by atoms with van der Waals surface area (Å²) in [7, 11) is 3.26. The van der Waals surface area contributed by atoms with Gasteiger partial charge in [-0.15, -0.1) is 24.0 Å². The predicted molar refractivity (Wildman–Crippen MR) is 133 cm³/mol. The summed E-state index contributed by atoms with van der Waals surface area (Å²) in [5, 5.41) is 3.45. The monoisotopic (exact) mass is 547 g/mol. The first kappa shape index (κ1) is 25.6. The van der Waals surface area contributed by atoms with Crippen molar-refractivity contribution < 1.29 is 13.9 Å². The fraction of sp³-hybridized carbons (Fsp3) is 0.636. The average molecular weight is 547 g/mol. The average Bonchev–Trinajstić information content (AvgIpc) is 2.79. The van der Waals surface area contributed by atoms with Crippen LogP contribution in [0.25, 0.3) is 0 Å². The Morgan fingerprint density at radius 3 is 2.45 bits per heavy atom. The Bertz CT molecular complexity index is 720. The Balaban J connectivity index is 0.00000341. The van der Waals surface area contributed by atoms with Crippen LogP contribution in [0.4, 0.5) is 10.1 Å². The first-order chi connectivity index (χ1) is 14.6. The number of guanidine groups is 1. The first-order valence-electron chi connectivity index (χ1n) is 10.9. The summed E-state index contributed by atoms with van der Waals surface area (Å²) in [5.41, 5.74) is 0.707. The quantitative estimate of drug-likeness (QED) is 0.194. The molecule has 1 N–H and O–H groups in total. The van der Waals surface area contributed by atoms with E-state index in [0.717, 1.165) is 77.6 Å². The number of carbonyl (C=O) groups is 1. The molecule has 0 bridgehead atoms. The Labute approximate surface area is 202 Å². The highest BCUT2D eigenvalue weighted by Gasteiger charge is 2.27. The van der Waals surface area contributed by atoms with Gasteiger partial charge in [0.15, 0.2) is 5.96 Å². The molecular formula is C22H35FIN5O2. The van der Waals surface area contributed by atoms with Crippen molar-refractivity contribution in [1.82, 2.24) is 15.1 Å². The number of halogens is 2. The van der Waals surface area contributed by atoms with Gasteiger partial charge < -0.3 is 19.9 Å². The zero-order valence-electron chi connectivity index (χ0n) is 18.6. The Kier molecular flexibility index (Phi) is 10.8. The minimum absolute atomic E-state index is 0. The third-order valence-electron chi connectivity index (χ3n) is 6.04. The predicted octanol–water partition coefficient (Wildman–Crippen LogP) is 2.42. The highest BCUT2D eigenvalue weighted by Crippen LogP contribution is 2.20. The molecule has 1 aromatic rings. The normalized spacial score (nSPS) is 18.5. The van der Waals surface area contributed by atoms with Crippen LogP contribution in [0.5, 0.6) is 0 Å². The number of esters is 1. The minimum atomic E-state index is -0.142. The number of carbonyl (C=O) groups excluding carboxylic acids is 1. The molecule has 2 heterocycles. The van der Waals surface area contributed by atoms with Crippen molar-refractivity contribution in [3.63, 3.8) is 0 Å². The second-order valence-corrected chi connectivity index (χ2v) is 7.89. The number of likely N-dealkylation sites (tertiary alicyclic amines) is 1. The SMILES string of the molecule is CN=C(NCCCN1CCN(c2ccccc2F)CC1)N1CCC(C(=O)OC)CC1.I. The number of anilines is 1. The number of rotatable bonds is 6. The van der Waals surface area contributed by atoms with E-state index in [1.165, 1.54) is 13.2 Å². The third-order valence-corrected chi connectivity index (χ3v) is 6.04. The van der Waals surface area contributed by atoms with Gasteiger partial charge in [-0.25, -0.2) is 4.39 Å². The van der Waals surface area contributed by atoms with Crippen molar-refractivity contribution in [2.75, 3.05) is 71.4 Å². The zero-order chi connectivity index (χ0) is 21.3. The molecule has 0 unspecified atom stereocenters. The fourth-order valence-electron chi connectivity index (χ4n) is 4.25. The molecule has 31 heavy (non-hydrogen) atoms. The van der Waals surface area contributed by atoms with Gasteiger partial charge in [-0.2, -0.15) is 0 Å². The summed E-state index contributed by atoms with van der Waals surface area (Å²) in [6.45, 7) is 7.11. The maximum atomic E-state index is 14.0. The summed E-state index contributed by atoms with van der Waals surface area (Å²) >= 11 is 0. The van der Waals surface area contributed by atoms with E-state index in [-0.39, 0.29) is 41.7 Å². The number of nitrogens with one attached hydrogen (secondary N) is 1. The molecule has 174 valence electrons. The summed E-state index contributed by atoms with van der Waals surface area (Å²) < 4.78 is 18.8. The minimum Gasteiger partial charge on any atom is -0.469 e. The van der Waals surface area contributed by atoms with E-state index in [1.54, 1.807) is 13.1 Å². The van der Waals surface area contributed by atoms with Crippen LogP contribution in [0.15, 0.2) is 29.3 Å². The molecule has 1 aromatic carbocycles. The molecule has 2 saturated heterocycles. The van der Waals surface area contributed by atoms with Crippen LogP contribution in [0, 0.1) is 11.7 Å². The summed E-state index contributed by atoms with van der Waals surface area (Å²) in [6, 6.07) is 7.01. The van der Waals surface area contributed by atoms with Crippen molar-refractivity contribution >= 4 is 41.6 Å². The molecule has 0 spiro atoms. The molecule has 2 aliphatic heterocycles. The van der Waals surface area contributed by atoms with Crippen molar-refractivity contribution in [1.29, 1.82) is 0 Å². The molecule has 0 radical (unpaired) electrons. The molecular weight excluding hydrogens is 512 g/mol. The lowest BCUT2D eigenvalue weighted by molar-refractivity contribution is -0.146. The van der Waals surface area contributed by atoms with Crippen LogP contribution in [0.1, 0.15) is 19.3 Å². The number of aliphatic imine (C=N–C) groups is 1. The molecule has 9 heteroatoms. The number of hydrogen-bond acceptors (Lipinski definition) is 5. The van der Waals surface area contributed by atoms with Gasteiger partial charge in [0.1, 0.15) is 5.82 Å². The highest BCUT2D eigenvalue weighted by molar-refractivity contribution is 14.0. The molecule has 3 rings (SSSR count). The lowest BCUT2D eigenvalue weighted by Crippen LogP contribution is -2.48. The summed E-state index contributed by atoms with van der Waals surface area (Å²) in [4.78, 5) is 22.9. The van der Waals surface area contributed by atoms with Crippen LogP contribution in [0.2, 0.25) is 0 Å². The number of nitrogens with zero attached hydrogens (tertiary/aromatic N) is 4. The number of para-hydroxylation sites is 1. The number of benzene rings is 1. The Morgan fingerprint density at radius 1 is 1.16 bits per heavy atom. The first-order valence-corrected chi connectivity index (χ1v) is 10.9. The van der Waals surface area contributed by atoms with E-state index in [2.05, 4.69) is 25.0 Å². The lowest BCUT2D eigenvalue weighted by Gasteiger charge is -2.36. The standard InChI is InChI=1S/C22H34FN5O2.HI/c1-24-22(28-12-8-18(9-13-28)21(29)30-2)25-10-5-11-26-14-16-27(17-15-26)20-7-4-3-6-19(20)23;/h3-4,6-7,18H,5,8-17H2,1-2H3,(H,24,25);1H. The van der Waals surface area contributed by atoms with Crippen LogP contribution in [-0.4, -0.2) is 88.2 Å². The number of piperazine rings is 1. The van der Waals surface area contributed by atoms with Gasteiger partial charge >= 0.3 is 5.97 Å². The largest absolute Gasteiger partial charge is 0.469 e. The summed E-state index contributed by atoms with van der Waals surface area (Å²) in [6.07, 6.45) is 2.64. The third kappa shape index (κ3) is 7.20. The number of piperidine rings is 1. The van der Waals surface area contributed by atoms with Crippen molar-refractivity contribution in [3.8, 4) is 0 Å². The smallest absolute Gasteiger partial charge is 0.308 e. The van der Waals surface area contributed by atoms with E-state index < -0.39 is 0 Å². The maximum absolute atomic E-state index is 14.0. The molecule has 7 nitrogen and oxygen atoms in total. The number of hydrogen-bond donors (Lipinski definition) is 1. The van der Waals surface area contributed by atoms with Crippen LogP contribution < -0.4 is 10.2 Å². The number of methoxy groups -OCH3 is 1. The highest BCUT2D eigenvalue weighted by atomic mass is 127. The zero-order valence-corrected chi connectivity index (χ0v) is 20.9. The molecule has 2 aliphatic rings. The second-order valence-electron chi connectivity index (χ2n) is 7.89. The van der Waals surface area contributed by atoms with Gasteiger partial charge in [0.05, 0.1) is 18.7 Å². The van der Waals surface area contributed by atoms with Crippen LogP contribution in [-0.2, 0) is 9.53 Å². The van der Waals surface area contributed by atoms with E-state index >= 15 is 0 Å². The van der Waals surface area contributed by atoms with E-state index in [9.17, 15) is 9.18 Å². The maximum Gasteiger partial charge on any atom is 0.308 e. The second kappa shape index (κ2) is 13.0. The summed E-state index contributed by atoms with van der Waals surface area (Å²) in [5.74, 6) is 0.667. The van der Waals surface area contributed by atoms with Crippen molar-refractivity contribution in [3.05, 3.63) is 30.1 Å². The molecule has 0 aromatic heterocycles. The van der Waals surface area contributed by atoms with Gasteiger partial charge in [0.25, 0.3) is 0 Å². The van der Waals surface area contributed by atoms with Gasteiger partial charge in [-0.3, -0.25) is 14.7 Å². The molecule has 2 fully saturated rings. The van der Waals surface area contributed by atoms with Gasteiger partial charge in [0.2, 0.25) is 0 Å². The Morgan fingerprint density at radius 2 is 1.84 bits per heavy atom. The van der Waals surface area contributed by atoms with Crippen LogP contribution in [0.3, 0.4) is 0 Å². The van der Waals surface area contributed by atoms with Crippen molar-refractivity contribution in [2.24, 2.45) is 10.9 Å². The van der Waals surface area contributed by atoms with Gasteiger partial charge in [-0.1, -0.05) is 12.1 Å². The molecule has 0 saturated carbocycles. The van der Waals surface area contributed by atoms with E-state index in [1.807, 2.05) is 12.1 Å². The molecule has 0 aliphatic carbocycles. The van der Waals surface area contributed by atoms with E-state index in [4.69, 9.17) is 4.74 Å². The topological polar surface area (TPSA) is 60.4 Å². The van der Waals surface area contributed by atoms with Crippen LogP contribution >= 0.6 is 24.0 Å². The Hall–Kier alpha value is -1.62. The fourth-order valence-corrected chi connectivity index (χ4v) is 4.25. The van der Waals surface area contributed by atoms with Gasteiger partial charge in [0, 0.05) is 52.9 Å². The van der Waals surface area contributed by atoms with Gasteiger partial charge in [-0.05, 0) is 37.9 Å². The van der Waals surface area contributed by atoms with Crippen molar-refractivity contribution in [2.45, 2.75) is 19.3 Å². The molecule has 0 amide bonds.